The first-order chi connectivity index (χ1) is 58.5. The lowest BCUT2D eigenvalue weighted by molar-refractivity contribution is 0.415. The van der Waals surface area contributed by atoms with Crippen LogP contribution in [-0.4, -0.2) is 96.8 Å². The van der Waals surface area contributed by atoms with E-state index in [0.717, 1.165) is 215 Å². The molecule has 0 saturated carbocycles. The molecule has 24 heteroatoms. The van der Waals surface area contributed by atoms with Crippen LogP contribution in [0.15, 0.2) is 329 Å². The third kappa shape index (κ3) is 20.1. The summed E-state index contributed by atoms with van der Waals surface area (Å²) in [7, 11) is 13.3. The lowest BCUT2D eigenvalue weighted by atomic mass is 9.91. The van der Waals surface area contributed by atoms with Crippen LogP contribution in [0, 0.1) is 0 Å². The Balaban J connectivity index is 0.000000138. The number of hydrogen-bond donors (Lipinski definition) is 0. The molecule has 0 atom stereocenters. The number of hydrogen-bond acceptors (Lipinski definition) is 16. The molecule has 0 spiro atoms. The lowest BCUT2D eigenvalue weighted by Gasteiger charge is -2.17. The number of pyridine rings is 8. The first-order valence-corrected chi connectivity index (χ1v) is 43.1. The van der Waals surface area contributed by atoms with Crippen molar-refractivity contribution in [2.24, 2.45) is 0 Å². The van der Waals surface area contributed by atoms with Gasteiger partial charge in [-0.25, -0.2) is 0 Å². The van der Waals surface area contributed by atoms with Crippen molar-refractivity contribution in [3.63, 3.8) is 0 Å². The summed E-state index contributed by atoms with van der Waals surface area (Å²) in [6, 6.07) is 63.8. The number of halogens is 8. The smallest absolute Gasteiger partial charge is 0.118 e. The Hall–Kier alpha value is -10.8. The van der Waals surface area contributed by atoms with Crippen LogP contribution in [0.25, 0.3) is 134 Å². The number of aromatic nitrogens is 8. The molecule has 8 aromatic heterocycles. The van der Waals surface area contributed by atoms with Crippen LogP contribution in [0.1, 0.15) is 0 Å². The largest absolute Gasteiger partial charge is 0.497 e. The molecule has 8 heterocycles. The van der Waals surface area contributed by atoms with E-state index >= 15 is 0 Å². The van der Waals surface area contributed by atoms with Gasteiger partial charge in [-0.2, -0.15) is 0 Å². The van der Waals surface area contributed by atoms with E-state index in [1.165, 1.54) is 0 Å². The molecule has 0 radical (unpaired) electrons. The van der Waals surface area contributed by atoms with Gasteiger partial charge in [0.05, 0.1) is 56.9 Å². The number of methoxy groups -OCH3 is 8. The highest BCUT2D eigenvalue weighted by Gasteiger charge is 2.25. The monoisotopic (exact) mass is 2100 g/mol. The van der Waals surface area contributed by atoms with Crippen LogP contribution in [-0.2, 0) is 0 Å². The van der Waals surface area contributed by atoms with Gasteiger partial charge in [-0.3, -0.25) is 39.9 Å². The van der Waals surface area contributed by atoms with Crippen LogP contribution < -0.4 is 37.9 Å². The second kappa shape index (κ2) is 41.4. The maximum absolute atomic E-state index is 5.31. The summed E-state index contributed by atoms with van der Waals surface area (Å²) in [5.74, 6) is 6.50. The van der Waals surface area contributed by atoms with Gasteiger partial charge < -0.3 is 37.9 Å². The van der Waals surface area contributed by atoms with E-state index in [9.17, 15) is 0 Å². The van der Waals surface area contributed by atoms with Crippen LogP contribution in [0.5, 0.6) is 46.0 Å². The molecule has 0 aliphatic carbocycles. The van der Waals surface area contributed by atoms with Crippen molar-refractivity contribution in [1.82, 2.24) is 39.9 Å². The molecule has 0 fully saturated rings. The quantitative estimate of drug-likeness (QED) is 0.0703. The fourth-order valence-corrected chi connectivity index (χ4v) is 17.7. The second-order valence-corrected chi connectivity index (χ2v) is 33.0. The van der Waals surface area contributed by atoms with Crippen LogP contribution in [0.4, 0.5) is 0 Å². The zero-order valence-electron chi connectivity index (χ0n) is 65.6. The zero-order chi connectivity index (χ0) is 84.3. The minimum absolute atomic E-state index is 0.812. The van der Waals surface area contributed by atoms with Gasteiger partial charge >= 0.3 is 0 Å². The first-order valence-electron chi connectivity index (χ1n) is 36.7. The van der Waals surface area contributed by atoms with Crippen molar-refractivity contribution < 1.29 is 37.9 Å². The highest BCUT2D eigenvalue weighted by molar-refractivity contribution is 9.12. The van der Waals surface area contributed by atoms with Crippen molar-refractivity contribution in [3.05, 3.63) is 329 Å². The van der Waals surface area contributed by atoms with Crippen molar-refractivity contribution >= 4 is 127 Å². The summed E-state index contributed by atoms with van der Waals surface area (Å²) < 4.78 is 49.7. The third-order valence-electron chi connectivity index (χ3n) is 19.4. The molecule has 16 rings (SSSR count). The van der Waals surface area contributed by atoms with Crippen LogP contribution in [0.2, 0.25) is 0 Å². The third-order valence-corrected chi connectivity index (χ3v) is 24.2. The predicted molar refractivity (Wildman–Crippen MR) is 507 cm³/mol. The lowest BCUT2D eigenvalue weighted by Crippen LogP contribution is -1.95. The van der Waals surface area contributed by atoms with Gasteiger partial charge in [-0.15, -0.1) is 0 Å². The summed E-state index contributed by atoms with van der Waals surface area (Å²) in [6.45, 7) is 0. The van der Waals surface area contributed by atoms with Gasteiger partial charge in [0.2, 0.25) is 0 Å². The molecule has 0 aliphatic rings. The van der Waals surface area contributed by atoms with Crippen molar-refractivity contribution in [2.75, 3.05) is 56.9 Å². The summed E-state index contributed by atoms with van der Waals surface area (Å²) in [4.78, 5) is 35.3. The number of nitrogens with zero attached hydrogens (tertiary/aromatic N) is 8. The van der Waals surface area contributed by atoms with Crippen LogP contribution >= 0.6 is 127 Å². The zero-order valence-corrected chi connectivity index (χ0v) is 78.3. The van der Waals surface area contributed by atoms with Gasteiger partial charge in [-0.05, 0) is 269 Å². The maximum atomic E-state index is 5.31. The fourth-order valence-electron chi connectivity index (χ4n) is 13.4. The molecule has 0 unspecified atom stereocenters. The summed E-state index contributed by atoms with van der Waals surface area (Å²) in [5, 5.41) is 0. The van der Waals surface area contributed by atoms with Crippen molar-refractivity contribution in [3.8, 4) is 180 Å². The average molecular weight is 2100 g/mol. The Morgan fingerprint density at radius 2 is 0.233 bits per heavy atom. The molecule has 8 aromatic carbocycles. The van der Waals surface area contributed by atoms with E-state index in [-0.39, 0.29) is 0 Å². The average Bonchev–Trinajstić information content (AvgIpc) is 0.782. The topological polar surface area (TPSA) is 177 Å². The van der Waals surface area contributed by atoms with Gasteiger partial charge in [-0.1, -0.05) is 97.1 Å². The van der Waals surface area contributed by atoms with E-state index < -0.39 is 0 Å². The molecule has 0 bridgehead atoms. The van der Waals surface area contributed by atoms with Gasteiger partial charge in [0.15, 0.2) is 0 Å². The molecule has 120 heavy (non-hydrogen) atoms. The van der Waals surface area contributed by atoms with E-state index in [0.29, 0.717) is 0 Å². The molecule has 0 amide bonds. The van der Waals surface area contributed by atoms with Gasteiger partial charge in [0.25, 0.3) is 0 Å². The van der Waals surface area contributed by atoms with Crippen molar-refractivity contribution in [1.29, 1.82) is 0 Å². The highest BCUT2D eigenvalue weighted by atomic mass is 79.9. The Kier molecular flexibility index (Phi) is 30.1. The Labute approximate surface area is 763 Å². The standard InChI is InChI=1S/4C24H18Br2N2O2/c4*1-29-17-7-3-15(4-8-17)19-11-27-13-21(25)23(19)24-20(12-28-14-22(24)26)16-5-9-18(30-2)10-6-16/h4*3-14H,1-2H3. The SMILES string of the molecule is COc1ccc(-c2cncc(Br)c2-c2c(Br)cncc2-c2ccc(OC)cc2)cc1.COc1ccc(-c2cncc(Br)c2-c2c(Br)cncc2-c2ccc(OC)cc2)cc1.COc1ccc(-c2cncc(Br)c2-c2c(Br)cncc2-c2ccc(OC)cc2)cc1.COc1ccc(-c2cncc(Br)c2-c2c(Br)cncc2-c2ccc(OC)cc2)cc1. The molecule has 0 N–H and O–H groups in total. The summed E-state index contributed by atoms with van der Waals surface area (Å²) in [6.07, 6.45) is 29.6. The molecular formula is C96H72Br8N8O8. The van der Waals surface area contributed by atoms with E-state index in [1.54, 1.807) is 56.9 Å². The van der Waals surface area contributed by atoms with Gasteiger partial charge in [0.1, 0.15) is 46.0 Å². The van der Waals surface area contributed by atoms with E-state index in [2.05, 4.69) is 167 Å². The second-order valence-electron chi connectivity index (χ2n) is 26.2. The number of ether oxygens (including phenoxy) is 8. The minimum Gasteiger partial charge on any atom is -0.497 e. The number of benzene rings is 8. The van der Waals surface area contributed by atoms with E-state index in [4.69, 9.17) is 37.9 Å². The number of rotatable bonds is 20. The highest BCUT2D eigenvalue weighted by Crippen LogP contribution is 2.51. The normalized spacial score (nSPS) is 10.7. The van der Waals surface area contributed by atoms with Crippen molar-refractivity contribution in [2.45, 2.75) is 0 Å². The Morgan fingerprint density at radius 1 is 0.142 bits per heavy atom. The summed E-state index contributed by atoms with van der Waals surface area (Å²) >= 11 is 29.8. The molecule has 16 nitrogen and oxygen atoms in total. The maximum Gasteiger partial charge on any atom is 0.118 e. The Bertz CT molecular complexity index is 5090. The molecule has 600 valence electrons. The molecule has 16 aromatic rings. The Morgan fingerprint density at radius 3 is 0.317 bits per heavy atom. The van der Waals surface area contributed by atoms with E-state index in [1.807, 2.05) is 293 Å². The minimum atomic E-state index is 0.812. The predicted octanol–water partition coefficient (Wildman–Crippen LogP) is 28.1. The first kappa shape index (κ1) is 87.0. The fraction of sp³-hybridized carbons (Fsp3) is 0.0833. The molecule has 0 saturated heterocycles. The summed E-state index contributed by atoms with van der Waals surface area (Å²) in [5.41, 5.74) is 24.7. The molecule has 0 aliphatic heterocycles. The molecular weight excluding hydrogens is 2030 g/mol. The van der Waals surface area contributed by atoms with Gasteiger partial charge in [0, 0.05) is 224 Å². The van der Waals surface area contributed by atoms with Crippen LogP contribution in [0.3, 0.4) is 0 Å².